The van der Waals surface area contributed by atoms with Crippen LogP contribution in [0.25, 0.3) is 50.9 Å². The lowest BCUT2D eigenvalue weighted by Gasteiger charge is -2.39. The summed E-state index contributed by atoms with van der Waals surface area (Å²) in [5.41, 5.74) is 15.9. The third kappa shape index (κ3) is 7.46. The van der Waals surface area contributed by atoms with E-state index in [1.807, 2.05) is 13.0 Å². The predicted octanol–water partition coefficient (Wildman–Crippen LogP) is 5.38. The zero-order chi connectivity index (χ0) is 39.0. The Hall–Kier alpha value is -4.43. The summed E-state index contributed by atoms with van der Waals surface area (Å²) in [4.78, 5) is 32.7. The van der Waals surface area contributed by atoms with Crippen LogP contribution in [-0.2, 0) is 20.7 Å². The van der Waals surface area contributed by atoms with Gasteiger partial charge >= 0.3 is 0 Å². The number of nitrogens with zero attached hydrogens (tertiary/aromatic N) is 3. The third-order valence-electron chi connectivity index (χ3n) is 11.1. The molecule has 0 aliphatic carbocycles. The molecule has 288 valence electrons. The molecule has 54 heavy (non-hydrogen) atoms. The molecular weight excluding hydrogens is 686 g/mol. The average molecular weight is 740 g/mol. The van der Waals surface area contributed by atoms with Crippen molar-refractivity contribution in [3.05, 3.63) is 75.4 Å². The van der Waals surface area contributed by atoms with Gasteiger partial charge in [0.15, 0.2) is 6.29 Å². The molecule has 0 unspecified atom stereocenters. The van der Waals surface area contributed by atoms with Gasteiger partial charge in [0.25, 0.3) is 0 Å². The van der Waals surface area contributed by atoms with Gasteiger partial charge in [-0.3, -0.25) is 4.79 Å². The summed E-state index contributed by atoms with van der Waals surface area (Å²) in [5.74, 6) is -0.0432. The second-order valence-corrected chi connectivity index (χ2v) is 14.6. The van der Waals surface area contributed by atoms with Gasteiger partial charge in [0, 0.05) is 53.2 Å². The summed E-state index contributed by atoms with van der Waals surface area (Å²) in [5, 5.41) is 39.7. The second kappa shape index (κ2) is 16.1. The SMILES string of the molecule is C=Cc1c(C)c2cc3nc(c(C)c4nc(cc5[nH]c(cc1[nH]2)c(C)c5CC)C(C)=C4)C(CCC(=O)N(C)CCCO[C@@H]1O[C@H](CO)[C@@H](O)[C@H](O)[C@H]1O)=C3C. The van der Waals surface area contributed by atoms with E-state index in [1.165, 1.54) is 11.1 Å². The fourth-order valence-corrected chi connectivity index (χ4v) is 7.60. The minimum Gasteiger partial charge on any atom is -0.394 e. The van der Waals surface area contributed by atoms with E-state index >= 15 is 0 Å². The Morgan fingerprint density at radius 1 is 0.944 bits per heavy atom. The number of ether oxygens (including phenoxy) is 2. The highest BCUT2D eigenvalue weighted by atomic mass is 16.7. The quantitative estimate of drug-likeness (QED) is 0.141. The van der Waals surface area contributed by atoms with Crippen molar-refractivity contribution in [2.75, 3.05) is 26.8 Å². The monoisotopic (exact) mass is 739 g/mol. The molecule has 6 N–H and O–H groups in total. The molecular formula is C42H53N5O7. The fourth-order valence-electron chi connectivity index (χ4n) is 7.60. The number of aliphatic hydroxyl groups excluding tert-OH is 4. The van der Waals surface area contributed by atoms with E-state index in [4.69, 9.17) is 19.4 Å². The minimum atomic E-state index is -1.51. The molecule has 1 amide bonds. The van der Waals surface area contributed by atoms with Gasteiger partial charge in [0.1, 0.15) is 24.4 Å². The highest BCUT2D eigenvalue weighted by molar-refractivity contribution is 5.96. The van der Waals surface area contributed by atoms with E-state index in [1.54, 1.807) is 11.9 Å². The van der Waals surface area contributed by atoms with Gasteiger partial charge in [-0.25, -0.2) is 9.97 Å². The molecule has 6 heterocycles. The van der Waals surface area contributed by atoms with Gasteiger partial charge in [0.2, 0.25) is 5.91 Å². The summed E-state index contributed by atoms with van der Waals surface area (Å²) >= 11 is 0. The van der Waals surface area contributed by atoms with Crippen molar-refractivity contribution in [3.63, 3.8) is 0 Å². The zero-order valence-corrected chi connectivity index (χ0v) is 32.3. The number of carbonyl (C=O) groups excluding carboxylic acids is 1. The Morgan fingerprint density at radius 2 is 1.65 bits per heavy atom. The van der Waals surface area contributed by atoms with Crippen molar-refractivity contribution >= 4 is 56.8 Å². The fraction of sp³-hybridized carbons (Fsp3) is 0.452. The first-order valence-electron chi connectivity index (χ1n) is 18.7. The van der Waals surface area contributed by atoms with Gasteiger partial charge in [-0.05, 0) is 112 Å². The lowest BCUT2D eigenvalue weighted by Crippen LogP contribution is -2.59. The Kier molecular flexibility index (Phi) is 11.7. The van der Waals surface area contributed by atoms with E-state index in [9.17, 15) is 25.2 Å². The van der Waals surface area contributed by atoms with Gasteiger partial charge in [-0.1, -0.05) is 19.6 Å². The number of allylic oxidation sites excluding steroid dienone is 3. The topological polar surface area (TPSA) is 177 Å². The first kappa shape index (κ1) is 39.3. The van der Waals surface area contributed by atoms with Crippen molar-refractivity contribution in [3.8, 4) is 0 Å². The molecule has 0 spiro atoms. The van der Waals surface area contributed by atoms with Crippen LogP contribution in [0.4, 0.5) is 0 Å². The molecule has 12 heteroatoms. The highest BCUT2D eigenvalue weighted by Crippen LogP contribution is 2.37. The lowest BCUT2D eigenvalue weighted by molar-refractivity contribution is -0.301. The van der Waals surface area contributed by atoms with Gasteiger partial charge in [-0.15, -0.1) is 0 Å². The van der Waals surface area contributed by atoms with E-state index in [0.29, 0.717) is 19.4 Å². The number of aryl methyl sites for hydroxylation is 3. The summed E-state index contributed by atoms with van der Waals surface area (Å²) < 4.78 is 11.0. The maximum Gasteiger partial charge on any atom is 0.222 e. The van der Waals surface area contributed by atoms with Crippen LogP contribution in [0.15, 0.2) is 24.8 Å². The summed E-state index contributed by atoms with van der Waals surface area (Å²) in [6.45, 7) is 16.7. The number of aromatic amines is 2. The number of H-pyrrole nitrogens is 2. The second-order valence-electron chi connectivity index (χ2n) is 14.6. The molecule has 0 saturated carbocycles. The summed E-state index contributed by atoms with van der Waals surface area (Å²) in [6.07, 6.45) is -0.624. The highest BCUT2D eigenvalue weighted by Gasteiger charge is 2.44. The minimum absolute atomic E-state index is 0.0432. The Morgan fingerprint density at radius 3 is 2.35 bits per heavy atom. The predicted molar refractivity (Wildman–Crippen MR) is 212 cm³/mol. The normalized spacial score (nSPS) is 21.4. The van der Waals surface area contributed by atoms with Crippen molar-refractivity contribution < 1.29 is 34.7 Å². The maximum atomic E-state index is 13.4. The number of carbonyl (C=O) groups is 1. The van der Waals surface area contributed by atoms with E-state index in [-0.39, 0.29) is 18.9 Å². The van der Waals surface area contributed by atoms with Gasteiger partial charge < -0.3 is 44.8 Å². The van der Waals surface area contributed by atoms with E-state index in [2.05, 4.69) is 75.4 Å². The average Bonchev–Trinajstić information content (AvgIpc) is 3.86. The standard InChI is InChI=1S/C42H53N5O7/c1-9-26-23(5)32-19-35-27(10-2)22(4)31(44-35)18-33-24(6)28(38(46-33)25(7)30-16-21(3)29(43-30)17-34(26)45-32)12-13-37(49)47(8)14-11-15-53-42-41(52)40(51)39(50)36(20-48)54-42/h10,16-19,36,39-42,44-45,48,50-52H,2,9,11-15,20H2,1,3-8H3/t36-,39-,40+,41-,42-/m1/s1. The largest absolute Gasteiger partial charge is 0.394 e. The number of nitrogens with one attached hydrogen (secondary N) is 2. The van der Waals surface area contributed by atoms with Crippen LogP contribution < -0.4 is 0 Å². The third-order valence-corrected chi connectivity index (χ3v) is 11.1. The molecule has 3 aliphatic heterocycles. The van der Waals surface area contributed by atoms with Crippen molar-refractivity contribution in [2.45, 2.75) is 97.9 Å². The zero-order valence-electron chi connectivity index (χ0n) is 32.3. The number of rotatable bonds is 11. The van der Waals surface area contributed by atoms with Crippen molar-refractivity contribution in [1.82, 2.24) is 24.8 Å². The molecule has 3 aliphatic rings. The Bertz CT molecular complexity index is 2180. The number of fused-ring (bicyclic) bond motifs is 8. The van der Waals surface area contributed by atoms with Crippen LogP contribution in [0, 0.1) is 20.8 Å². The van der Waals surface area contributed by atoms with Crippen LogP contribution in [0.1, 0.15) is 90.6 Å². The molecule has 8 bridgehead atoms. The molecule has 5 atom stereocenters. The summed E-state index contributed by atoms with van der Waals surface area (Å²) in [6, 6.07) is 6.37. The molecule has 0 radical (unpaired) electrons. The smallest absolute Gasteiger partial charge is 0.222 e. The van der Waals surface area contributed by atoms with Crippen LogP contribution >= 0.6 is 0 Å². The maximum absolute atomic E-state index is 13.4. The number of aromatic nitrogens is 4. The molecule has 12 nitrogen and oxygen atoms in total. The number of hydrogen-bond acceptors (Lipinski definition) is 9. The summed E-state index contributed by atoms with van der Waals surface area (Å²) in [7, 11) is 1.74. The van der Waals surface area contributed by atoms with Crippen molar-refractivity contribution in [1.29, 1.82) is 0 Å². The molecule has 3 aromatic rings. The molecule has 3 aromatic heterocycles. The van der Waals surface area contributed by atoms with Crippen LogP contribution in [0.2, 0.25) is 0 Å². The number of aliphatic hydroxyl groups is 4. The Balaban J connectivity index is 1.29. The lowest BCUT2D eigenvalue weighted by atomic mass is 9.98. The van der Waals surface area contributed by atoms with Crippen LogP contribution in [-0.4, -0.2) is 109 Å². The Labute approximate surface area is 315 Å². The first-order chi connectivity index (χ1) is 25.8. The van der Waals surface area contributed by atoms with Crippen LogP contribution in [0.5, 0.6) is 0 Å². The van der Waals surface area contributed by atoms with Crippen LogP contribution in [0.3, 0.4) is 0 Å². The van der Waals surface area contributed by atoms with E-state index < -0.39 is 37.3 Å². The van der Waals surface area contributed by atoms with Gasteiger partial charge in [-0.2, -0.15) is 0 Å². The molecule has 0 aromatic carbocycles. The molecule has 1 saturated heterocycles. The number of hydrogen-bond donors (Lipinski definition) is 6. The van der Waals surface area contributed by atoms with Gasteiger partial charge in [0.05, 0.1) is 36.0 Å². The van der Waals surface area contributed by atoms with Crippen molar-refractivity contribution in [2.24, 2.45) is 0 Å². The first-order valence-corrected chi connectivity index (χ1v) is 18.7. The van der Waals surface area contributed by atoms with E-state index in [0.717, 1.165) is 84.7 Å². The molecule has 6 rings (SSSR count). The molecule has 1 fully saturated rings. The number of amides is 1.